The molecule has 0 aliphatic heterocycles. The van der Waals surface area contributed by atoms with Gasteiger partial charge in [0, 0.05) is 17.7 Å². The van der Waals surface area contributed by atoms with Gasteiger partial charge in [-0.25, -0.2) is 9.07 Å². The van der Waals surface area contributed by atoms with Crippen molar-refractivity contribution in [2.24, 2.45) is 0 Å². The van der Waals surface area contributed by atoms with E-state index in [-0.39, 0.29) is 11.6 Å². The van der Waals surface area contributed by atoms with Crippen molar-refractivity contribution in [3.8, 4) is 11.3 Å². The van der Waals surface area contributed by atoms with Crippen LogP contribution >= 0.6 is 0 Å². The summed E-state index contributed by atoms with van der Waals surface area (Å²) in [6.07, 6.45) is 1.32. The van der Waals surface area contributed by atoms with Crippen molar-refractivity contribution in [3.63, 3.8) is 0 Å². The number of hydrogen-bond donors (Lipinski definition) is 1. The van der Waals surface area contributed by atoms with Gasteiger partial charge in [0.2, 0.25) is 5.91 Å². The molecule has 3 aromatic rings. The van der Waals surface area contributed by atoms with Crippen LogP contribution < -0.4 is 10.9 Å². The van der Waals surface area contributed by atoms with Crippen molar-refractivity contribution in [2.45, 2.75) is 13.0 Å². The molecule has 0 bridgehead atoms. The maximum absolute atomic E-state index is 13.0. The lowest BCUT2D eigenvalue weighted by Crippen LogP contribution is -2.33. The highest BCUT2D eigenvalue weighted by atomic mass is 19.1. The number of carbonyl (C=O) groups is 1. The van der Waals surface area contributed by atoms with Crippen LogP contribution in [0.1, 0.15) is 13.0 Å². The Kier molecular flexibility index (Phi) is 4.19. The van der Waals surface area contributed by atoms with Gasteiger partial charge >= 0.3 is 0 Å². The van der Waals surface area contributed by atoms with Crippen LogP contribution in [0, 0.1) is 5.82 Å². The van der Waals surface area contributed by atoms with Gasteiger partial charge < -0.3 is 9.84 Å². The number of carbonyl (C=O) groups excluding carboxylic acids is 1. The van der Waals surface area contributed by atoms with Crippen LogP contribution in [0.2, 0.25) is 0 Å². The fourth-order valence-electron chi connectivity index (χ4n) is 2.10. The van der Waals surface area contributed by atoms with Gasteiger partial charge in [-0.2, -0.15) is 5.10 Å². The molecule has 24 heavy (non-hydrogen) atoms. The number of nitrogens with zero attached hydrogens (tertiary/aromatic N) is 3. The van der Waals surface area contributed by atoms with Crippen molar-refractivity contribution in [1.82, 2.24) is 14.9 Å². The molecule has 1 N–H and O–H groups in total. The first-order chi connectivity index (χ1) is 11.5. The minimum absolute atomic E-state index is 0.245. The molecule has 3 rings (SSSR count). The van der Waals surface area contributed by atoms with Gasteiger partial charge in [0.25, 0.3) is 5.56 Å². The average Bonchev–Trinajstić information content (AvgIpc) is 3.08. The molecule has 1 unspecified atom stereocenters. The SMILES string of the molecule is CC(C(=O)Nc1ccon1)n1nc(-c2ccc(F)cc2)ccc1=O. The van der Waals surface area contributed by atoms with E-state index in [1.165, 1.54) is 43.5 Å². The van der Waals surface area contributed by atoms with Crippen LogP contribution in [0.5, 0.6) is 0 Å². The Morgan fingerprint density at radius 1 is 1.21 bits per heavy atom. The molecule has 2 heterocycles. The molecule has 0 radical (unpaired) electrons. The zero-order valence-corrected chi connectivity index (χ0v) is 12.6. The number of hydrogen-bond acceptors (Lipinski definition) is 5. The van der Waals surface area contributed by atoms with Crippen molar-refractivity contribution in [1.29, 1.82) is 0 Å². The first-order valence-corrected chi connectivity index (χ1v) is 7.11. The van der Waals surface area contributed by atoms with Gasteiger partial charge in [0.15, 0.2) is 5.82 Å². The number of halogens is 1. The lowest BCUT2D eigenvalue weighted by Gasteiger charge is -2.14. The molecule has 0 saturated carbocycles. The maximum atomic E-state index is 13.0. The molecule has 0 saturated heterocycles. The summed E-state index contributed by atoms with van der Waals surface area (Å²) in [5.74, 6) is -0.586. The van der Waals surface area contributed by atoms with Gasteiger partial charge in [-0.05, 0) is 37.3 Å². The summed E-state index contributed by atoms with van der Waals surface area (Å²) in [6, 6.07) is 9.14. The Labute approximate surface area is 135 Å². The summed E-state index contributed by atoms with van der Waals surface area (Å²) in [5.41, 5.74) is 0.661. The summed E-state index contributed by atoms with van der Waals surface area (Å²) in [4.78, 5) is 24.2. The van der Waals surface area contributed by atoms with Gasteiger partial charge in [-0.15, -0.1) is 0 Å². The molecule has 1 amide bonds. The predicted molar refractivity (Wildman–Crippen MR) is 83.7 cm³/mol. The lowest BCUT2D eigenvalue weighted by molar-refractivity contribution is -0.119. The standard InChI is InChI=1S/C16H13FN4O3/c1-10(16(23)18-14-8-9-24-20-14)21-15(22)7-6-13(19-21)11-2-4-12(17)5-3-11/h2-10H,1H3,(H,18,20,23). The molecule has 8 heteroatoms. The Morgan fingerprint density at radius 2 is 1.96 bits per heavy atom. The van der Waals surface area contributed by atoms with E-state index in [0.717, 1.165) is 4.68 Å². The second-order valence-electron chi connectivity index (χ2n) is 5.06. The van der Waals surface area contributed by atoms with Crippen molar-refractivity contribution < 1.29 is 13.7 Å². The number of benzene rings is 1. The Morgan fingerprint density at radius 3 is 2.62 bits per heavy atom. The van der Waals surface area contributed by atoms with Crippen LogP contribution in [-0.2, 0) is 4.79 Å². The molecular formula is C16H13FN4O3. The average molecular weight is 328 g/mol. The van der Waals surface area contributed by atoms with Crippen molar-refractivity contribution in [3.05, 3.63) is 64.9 Å². The van der Waals surface area contributed by atoms with Crippen LogP contribution in [-0.4, -0.2) is 20.8 Å². The zero-order chi connectivity index (χ0) is 17.1. The van der Waals surface area contributed by atoms with Crippen LogP contribution in [0.25, 0.3) is 11.3 Å². The minimum atomic E-state index is -0.866. The predicted octanol–water partition coefficient (Wildman–Crippen LogP) is 2.24. The van der Waals surface area contributed by atoms with E-state index < -0.39 is 17.5 Å². The molecule has 0 aliphatic rings. The quantitative estimate of drug-likeness (QED) is 0.793. The molecule has 122 valence electrons. The van der Waals surface area contributed by atoms with Crippen molar-refractivity contribution >= 4 is 11.7 Å². The van der Waals surface area contributed by atoms with Crippen LogP contribution in [0.4, 0.5) is 10.2 Å². The third-order valence-electron chi connectivity index (χ3n) is 3.40. The summed E-state index contributed by atoms with van der Waals surface area (Å²) in [7, 11) is 0. The number of nitrogens with one attached hydrogen (secondary N) is 1. The topological polar surface area (TPSA) is 90.0 Å². The van der Waals surface area contributed by atoms with E-state index in [4.69, 9.17) is 0 Å². The van der Waals surface area contributed by atoms with Gasteiger partial charge in [-0.3, -0.25) is 9.59 Å². The molecule has 1 aromatic carbocycles. The molecule has 0 spiro atoms. The van der Waals surface area contributed by atoms with E-state index in [0.29, 0.717) is 11.3 Å². The largest absolute Gasteiger partial charge is 0.363 e. The summed E-state index contributed by atoms with van der Waals surface area (Å²) in [5, 5.41) is 10.3. The molecule has 1 atom stereocenters. The number of rotatable bonds is 4. The molecular weight excluding hydrogens is 315 g/mol. The monoisotopic (exact) mass is 328 g/mol. The summed E-state index contributed by atoms with van der Waals surface area (Å²) >= 11 is 0. The number of anilines is 1. The smallest absolute Gasteiger partial charge is 0.267 e. The highest BCUT2D eigenvalue weighted by Gasteiger charge is 2.19. The van der Waals surface area contributed by atoms with Crippen molar-refractivity contribution in [2.75, 3.05) is 5.32 Å². The summed E-state index contributed by atoms with van der Waals surface area (Å²) < 4.78 is 18.7. The van der Waals surface area contributed by atoms with E-state index in [1.807, 2.05) is 0 Å². The Balaban J connectivity index is 1.89. The minimum Gasteiger partial charge on any atom is -0.363 e. The first kappa shape index (κ1) is 15.6. The van der Waals surface area contributed by atoms with E-state index in [1.54, 1.807) is 12.1 Å². The Bertz CT molecular complexity index is 904. The Hall–Kier alpha value is -3.29. The van der Waals surface area contributed by atoms with Gasteiger partial charge in [0.05, 0.1) is 5.69 Å². The zero-order valence-electron chi connectivity index (χ0n) is 12.6. The number of amides is 1. The number of aromatic nitrogens is 3. The summed E-state index contributed by atoms with van der Waals surface area (Å²) in [6.45, 7) is 1.54. The highest BCUT2D eigenvalue weighted by molar-refractivity contribution is 5.92. The maximum Gasteiger partial charge on any atom is 0.267 e. The fraction of sp³-hybridized carbons (Fsp3) is 0.125. The molecule has 0 aliphatic carbocycles. The molecule has 0 fully saturated rings. The van der Waals surface area contributed by atoms with Gasteiger partial charge in [0.1, 0.15) is 18.1 Å². The second kappa shape index (κ2) is 6.45. The molecule has 2 aromatic heterocycles. The lowest BCUT2D eigenvalue weighted by atomic mass is 10.1. The van der Waals surface area contributed by atoms with E-state index in [9.17, 15) is 14.0 Å². The van der Waals surface area contributed by atoms with Crippen LogP contribution in [0.3, 0.4) is 0 Å². The van der Waals surface area contributed by atoms with Gasteiger partial charge in [-0.1, -0.05) is 5.16 Å². The fourth-order valence-corrected chi connectivity index (χ4v) is 2.10. The van der Waals surface area contributed by atoms with E-state index in [2.05, 4.69) is 20.1 Å². The van der Waals surface area contributed by atoms with E-state index >= 15 is 0 Å². The normalized spacial score (nSPS) is 11.9. The first-order valence-electron chi connectivity index (χ1n) is 7.11. The molecule has 7 nitrogen and oxygen atoms in total. The highest BCUT2D eigenvalue weighted by Crippen LogP contribution is 2.17. The third kappa shape index (κ3) is 3.22. The van der Waals surface area contributed by atoms with Crippen LogP contribution in [0.15, 0.2) is 58.0 Å². The second-order valence-corrected chi connectivity index (χ2v) is 5.06. The third-order valence-corrected chi connectivity index (χ3v) is 3.40.